The number of alkyl halides is 3. The molecule has 2 aromatic carbocycles. The van der Waals surface area contributed by atoms with Crippen molar-refractivity contribution < 1.29 is 27.5 Å². The number of aromatic nitrogens is 1. The van der Waals surface area contributed by atoms with E-state index < -0.39 is 17.7 Å². The van der Waals surface area contributed by atoms with E-state index in [2.05, 4.69) is 4.98 Å². The summed E-state index contributed by atoms with van der Waals surface area (Å²) in [4.78, 5) is 16.6. The van der Waals surface area contributed by atoms with Crippen molar-refractivity contribution in [1.29, 1.82) is 0 Å². The van der Waals surface area contributed by atoms with E-state index in [4.69, 9.17) is 32.7 Å². The molecule has 30 heavy (non-hydrogen) atoms. The van der Waals surface area contributed by atoms with Gasteiger partial charge in [-0.1, -0.05) is 53.5 Å². The smallest absolute Gasteiger partial charge is 0.416 e. The van der Waals surface area contributed by atoms with Crippen LogP contribution in [0.2, 0.25) is 10.0 Å². The molecule has 1 N–H and O–H groups in total. The number of hydrogen-bond acceptors (Lipinski definition) is 4. The summed E-state index contributed by atoms with van der Waals surface area (Å²) in [5.41, 5.74) is 0.0454. The maximum atomic E-state index is 13.0. The third kappa shape index (κ3) is 5.53. The number of rotatable bonds is 7. The zero-order valence-corrected chi connectivity index (χ0v) is 16.8. The highest BCUT2D eigenvalue weighted by Crippen LogP contribution is 2.31. The Kier molecular flexibility index (Phi) is 6.70. The molecule has 0 aliphatic heterocycles. The van der Waals surface area contributed by atoms with Crippen molar-refractivity contribution in [3.63, 3.8) is 0 Å². The molecule has 3 aromatic rings. The molecule has 1 heterocycles. The number of carboxylic acid groups (broad SMARTS) is 1. The van der Waals surface area contributed by atoms with Gasteiger partial charge in [0.2, 0.25) is 5.89 Å². The highest BCUT2D eigenvalue weighted by molar-refractivity contribution is 6.42. The summed E-state index contributed by atoms with van der Waals surface area (Å²) in [6.07, 6.45) is -3.46. The Labute approximate surface area is 179 Å². The third-order valence-electron chi connectivity index (χ3n) is 4.22. The lowest BCUT2D eigenvalue weighted by Gasteiger charge is -2.22. The van der Waals surface area contributed by atoms with E-state index in [1.54, 1.807) is 29.2 Å². The molecule has 0 aliphatic carbocycles. The number of aromatic carboxylic acids is 1. The maximum Gasteiger partial charge on any atom is 0.416 e. The second kappa shape index (κ2) is 9.07. The van der Waals surface area contributed by atoms with Crippen LogP contribution in [0, 0.1) is 0 Å². The van der Waals surface area contributed by atoms with Crippen molar-refractivity contribution in [3.8, 4) is 0 Å². The Morgan fingerprint density at radius 3 is 2.50 bits per heavy atom. The largest absolute Gasteiger partial charge is 0.476 e. The Bertz CT molecular complexity index is 1050. The average molecular weight is 459 g/mol. The monoisotopic (exact) mass is 458 g/mol. The van der Waals surface area contributed by atoms with Gasteiger partial charge in [-0.2, -0.15) is 13.2 Å². The molecule has 158 valence electrons. The molecule has 10 heteroatoms. The molecular formula is C20H15Cl2F3N2O3. The highest BCUT2D eigenvalue weighted by atomic mass is 35.5. The first-order valence-electron chi connectivity index (χ1n) is 8.62. The first-order chi connectivity index (χ1) is 14.1. The van der Waals surface area contributed by atoms with Gasteiger partial charge in [0.1, 0.15) is 6.26 Å². The summed E-state index contributed by atoms with van der Waals surface area (Å²) in [5.74, 6) is -1.13. The molecule has 0 radical (unpaired) electrons. The Morgan fingerprint density at radius 2 is 1.83 bits per heavy atom. The van der Waals surface area contributed by atoms with Gasteiger partial charge in [-0.25, -0.2) is 9.78 Å². The van der Waals surface area contributed by atoms with Crippen LogP contribution in [0.3, 0.4) is 0 Å². The highest BCUT2D eigenvalue weighted by Gasteiger charge is 2.30. The third-order valence-corrected chi connectivity index (χ3v) is 5.07. The van der Waals surface area contributed by atoms with Gasteiger partial charge < -0.3 is 9.52 Å². The molecule has 0 saturated carbocycles. The number of nitrogens with zero attached hydrogens (tertiary/aromatic N) is 2. The van der Waals surface area contributed by atoms with Crippen LogP contribution in [0.1, 0.15) is 33.1 Å². The number of halogens is 5. The normalized spacial score (nSPS) is 11.8. The fourth-order valence-corrected chi connectivity index (χ4v) is 3.24. The maximum absolute atomic E-state index is 13.0. The molecule has 0 atom stereocenters. The summed E-state index contributed by atoms with van der Waals surface area (Å²) in [7, 11) is 0. The predicted octanol–water partition coefficient (Wildman–Crippen LogP) is 5.90. The van der Waals surface area contributed by atoms with Gasteiger partial charge in [-0.15, -0.1) is 0 Å². The molecular weight excluding hydrogens is 444 g/mol. The lowest BCUT2D eigenvalue weighted by atomic mass is 10.1. The van der Waals surface area contributed by atoms with E-state index in [0.717, 1.165) is 18.4 Å². The molecule has 0 aliphatic rings. The summed E-state index contributed by atoms with van der Waals surface area (Å²) >= 11 is 12.3. The fourth-order valence-electron chi connectivity index (χ4n) is 2.86. The molecule has 1 aromatic heterocycles. The van der Waals surface area contributed by atoms with Crippen LogP contribution >= 0.6 is 23.2 Å². The minimum atomic E-state index is -4.46. The van der Waals surface area contributed by atoms with E-state index in [1.807, 2.05) is 0 Å². The Hall–Kier alpha value is -2.55. The topological polar surface area (TPSA) is 66.6 Å². The van der Waals surface area contributed by atoms with Gasteiger partial charge in [0.05, 0.1) is 22.2 Å². The number of hydrogen-bond donors (Lipinski definition) is 1. The van der Waals surface area contributed by atoms with Crippen LogP contribution in [-0.2, 0) is 25.8 Å². The van der Waals surface area contributed by atoms with Gasteiger partial charge in [0.15, 0.2) is 5.69 Å². The molecule has 0 unspecified atom stereocenters. The van der Waals surface area contributed by atoms with Crippen LogP contribution in [-0.4, -0.2) is 21.0 Å². The van der Waals surface area contributed by atoms with Gasteiger partial charge >= 0.3 is 12.1 Å². The molecule has 5 nitrogen and oxygen atoms in total. The predicted molar refractivity (Wildman–Crippen MR) is 104 cm³/mol. The van der Waals surface area contributed by atoms with Crippen molar-refractivity contribution in [3.05, 3.63) is 87.0 Å². The Balaban J connectivity index is 1.88. The second-order valence-electron chi connectivity index (χ2n) is 6.49. The SMILES string of the molecule is O=C(O)c1coc(CN(Cc2cccc(C(F)(F)F)c2)Cc2cccc(Cl)c2Cl)n1. The summed E-state index contributed by atoms with van der Waals surface area (Å²) in [6.45, 7) is 0.379. The van der Waals surface area contributed by atoms with Crippen molar-refractivity contribution >= 4 is 29.2 Å². The van der Waals surface area contributed by atoms with Crippen molar-refractivity contribution in [2.45, 2.75) is 25.8 Å². The van der Waals surface area contributed by atoms with E-state index in [-0.39, 0.29) is 31.2 Å². The summed E-state index contributed by atoms with van der Waals surface area (Å²) in [5, 5.41) is 9.67. The molecule has 0 spiro atoms. The molecule has 0 bridgehead atoms. The number of carboxylic acids is 1. The number of oxazole rings is 1. The molecule has 0 amide bonds. The van der Waals surface area contributed by atoms with E-state index in [1.165, 1.54) is 6.07 Å². The van der Waals surface area contributed by atoms with Crippen LogP contribution < -0.4 is 0 Å². The first-order valence-corrected chi connectivity index (χ1v) is 9.38. The molecule has 0 fully saturated rings. The van der Waals surface area contributed by atoms with Crippen LogP contribution in [0.5, 0.6) is 0 Å². The molecule has 0 saturated heterocycles. The minimum absolute atomic E-state index is 0.0480. The van der Waals surface area contributed by atoms with Crippen molar-refractivity contribution in [1.82, 2.24) is 9.88 Å². The molecule has 3 rings (SSSR count). The van der Waals surface area contributed by atoms with E-state index >= 15 is 0 Å². The summed E-state index contributed by atoms with van der Waals surface area (Å²) < 4.78 is 44.3. The van der Waals surface area contributed by atoms with Crippen LogP contribution in [0.15, 0.2) is 53.1 Å². The Morgan fingerprint density at radius 1 is 1.10 bits per heavy atom. The van der Waals surface area contributed by atoms with E-state index in [9.17, 15) is 18.0 Å². The van der Waals surface area contributed by atoms with Crippen molar-refractivity contribution in [2.24, 2.45) is 0 Å². The lowest BCUT2D eigenvalue weighted by molar-refractivity contribution is -0.137. The lowest BCUT2D eigenvalue weighted by Crippen LogP contribution is -2.23. The second-order valence-corrected chi connectivity index (χ2v) is 7.27. The van der Waals surface area contributed by atoms with Gasteiger partial charge in [-0.3, -0.25) is 4.90 Å². The quantitative estimate of drug-likeness (QED) is 0.477. The number of carbonyl (C=O) groups is 1. The van der Waals surface area contributed by atoms with Gasteiger partial charge in [-0.05, 0) is 23.3 Å². The zero-order valence-electron chi connectivity index (χ0n) is 15.3. The van der Waals surface area contributed by atoms with Gasteiger partial charge in [0, 0.05) is 13.1 Å². The zero-order chi connectivity index (χ0) is 21.9. The van der Waals surface area contributed by atoms with Crippen LogP contribution in [0.25, 0.3) is 0 Å². The number of benzene rings is 2. The average Bonchev–Trinajstić information content (AvgIpc) is 3.14. The first kappa shape index (κ1) is 22.1. The van der Waals surface area contributed by atoms with Gasteiger partial charge in [0.25, 0.3) is 0 Å². The van der Waals surface area contributed by atoms with E-state index in [0.29, 0.717) is 21.2 Å². The standard InChI is InChI=1S/C20H15Cl2F3N2O3/c21-15-6-2-4-13(18(15)22)9-27(10-17-26-16(11-30-17)19(28)29)8-12-3-1-5-14(7-12)20(23,24)25/h1-7,11H,8-10H2,(H,28,29). The summed E-state index contributed by atoms with van der Waals surface area (Å²) in [6, 6.07) is 10.0. The van der Waals surface area contributed by atoms with Crippen LogP contribution in [0.4, 0.5) is 13.2 Å². The fraction of sp³-hybridized carbons (Fsp3) is 0.200. The van der Waals surface area contributed by atoms with Crippen molar-refractivity contribution in [2.75, 3.05) is 0 Å². The minimum Gasteiger partial charge on any atom is -0.476 e.